The van der Waals surface area contributed by atoms with Crippen LogP contribution in [-0.2, 0) is 0 Å². The Bertz CT molecular complexity index is 502. The van der Waals surface area contributed by atoms with Gasteiger partial charge in [-0.05, 0) is 31.9 Å². The van der Waals surface area contributed by atoms with E-state index >= 15 is 0 Å². The van der Waals surface area contributed by atoms with Crippen LogP contribution in [0.5, 0.6) is 5.75 Å². The molecule has 1 aromatic rings. The summed E-state index contributed by atoms with van der Waals surface area (Å²) in [7, 11) is 1.33. The fourth-order valence-electron chi connectivity index (χ4n) is 1.96. The number of methoxy groups -OCH3 is 1. The summed E-state index contributed by atoms with van der Waals surface area (Å²) in [4.78, 5) is 22.3. The topological polar surface area (TPSA) is 83.8 Å². The van der Waals surface area contributed by atoms with Crippen LogP contribution in [0.1, 0.15) is 37.4 Å². The Hall–Kier alpha value is -2.04. The molecule has 17 heavy (non-hydrogen) atoms. The Morgan fingerprint density at radius 1 is 0.882 bits per heavy atom. The highest BCUT2D eigenvalue weighted by atomic mass is 16.5. The Morgan fingerprint density at radius 2 is 1.29 bits per heavy atom. The molecule has 92 valence electrons. The number of benzene rings is 1. The highest BCUT2D eigenvalue weighted by molar-refractivity contribution is 5.99. The van der Waals surface area contributed by atoms with Crippen LogP contribution in [0.15, 0.2) is 0 Å². The van der Waals surface area contributed by atoms with E-state index in [0.29, 0.717) is 16.7 Å². The number of ether oxygens (including phenoxy) is 1. The third kappa shape index (κ3) is 1.95. The van der Waals surface area contributed by atoms with E-state index < -0.39 is 11.9 Å². The summed E-state index contributed by atoms with van der Waals surface area (Å²) in [6, 6.07) is 0. The fourth-order valence-corrected chi connectivity index (χ4v) is 1.96. The second kappa shape index (κ2) is 4.45. The van der Waals surface area contributed by atoms with E-state index in [9.17, 15) is 9.59 Å². The van der Waals surface area contributed by atoms with Gasteiger partial charge < -0.3 is 14.9 Å². The lowest BCUT2D eigenvalue weighted by atomic mass is 9.92. The first kappa shape index (κ1) is 13.0. The summed E-state index contributed by atoms with van der Waals surface area (Å²) in [5, 5.41) is 18.2. The molecular weight excluding hydrogens is 224 g/mol. The molecule has 0 saturated heterocycles. The lowest BCUT2D eigenvalue weighted by Crippen LogP contribution is -2.12. The largest absolute Gasteiger partial charge is 0.496 e. The van der Waals surface area contributed by atoms with Gasteiger partial charge in [0.15, 0.2) is 0 Å². The number of hydrogen-bond acceptors (Lipinski definition) is 3. The van der Waals surface area contributed by atoms with Crippen molar-refractivity contribution < 1.29 is 24.5 Å². The minimum absolute atomic E-state index is 0.0208. The monoisotopic (exact) mass is 238 g/mol. The van der Waals surface area contributed by atoms with E-state index in [1.165, 1.54) is 7.11 Å². The zero-order valence-electron chi connectivity index (χ0n) is 10.1. The van der Waals surface area contributed by atoms with Gasteiger partial charge in [-0.25, -0.2) is 9.59 Å². The predicted molar refractivity (Wildman–Crippen MR) is 61.1 cm³/mol. The molecule has 0 heterocycles. The quantitative estimate of drug-likeness (QED) is 0.841. The summed E-state index contributed by atoms with van der Waals surface area (Å²) in [5.41, 5.74) is 1.32. The second-order valence-corrected chi connectivity index (χ2v) is 3.77. The van der Waals surface area contributed by atoms with E-state index in [-0.39, 0.29) is 16.9 Å². The van der Waals surface area contributed by atoms with Gasteiger partial charge in [0.1, 0.15) is 11.3 Å². The third-order valence-electron chi connectivity index (χ3n) is 2.89. The summed E-state index contributed by atoms with van der Waals surface area (Å²) < 4.78 is 5.02. The van der Waals surface area contributed by atoms with E-state index in [1.807, 2.05) is 0 Å². The van der Waals surface area contributed by atoms with Crippen molar-refractivity contribution in [2.75, 3.05) is 7.11 Å². The first-order chi connectivity index (χ1) is 7.82. The first-order valence-corrected chi connectivity index (χ1v) is 4.97. The van der Waals surface area contributed by atoms with Gasteiger partial charge in [0.25, 0.3) is 0 Å². The van der Waals surface area contributed by atoms with Gasteiger partial charge in [0, 0.05) is 5.56 Å². The van der Waals surface area contributed by atoms with Gasteiger partial charge in [-0.1, -0.05) is 0 Å². The lowest BCUT2D eigenvalue weighted by Gasteiger charge is -2.16. The molecule has 0 fully saturated rings. The van der Waals surface area contributed by atoms with Gasteiger partial charge in [0.05, 0.1) is 12.7 Å². The van der Waals surface area contributed by atoms with E-state index in [1.54, 1.807) is 20.8 Å². The molecule has 1 aromatic carbocycles. The Labute approximate surface area is 98.6 Å². The van der Waals surface area contributed by atoms with Crippen molar-refractivity contribution in [3.05, 3.63) is 27.8 Å². The van der Waals surface area contributed by atoms with Crippen LogP contribution in [0.2, 0.25) is 0 Å². The number of rotatable bonds is 3. The third-order valence-corrected chi connectivity index (χ3v) is 2.89. The Kier molecular flexibility index (Phi) is 3.41. The second-order valence-electron chi connectivity index (χ2n) is 3.77. The summed E-state index contributed by atoms with van der Waals surface area (Å²) in [5.74, 6) is -2.10. The number of carboxylic acid groups (broad SMARTS) is 2. The van der Waals surface area contributed by atoms with Crippen LogP contribution in [0, 0.1) is 20.8 Å². The molecule has 0 amide bonds. The van der Waals surface area contributed by atoms with Gasteiger partial charge >= 0.3 is 11.9 Å². The lowest BCUT2D eigenvalue weighted by molar-refractivity contribution is 0.0675. The van der Waals surface area contributed by atoms with Crippen molar-refractivity contribution in [1.82, 2.24) is 0 Å². The molecule has 2 N–H and O–H groups in total. The Morgan fingerprint density at radius 3 is 1.65 bits per heavy atom. The van der Waals surface area contributed by atoms with E-state index in [4.69, 9.17) is 14.9 Å². The minimum Gasteiger partial charge on any atom is -0.496 e. The van der Waals surface area contributed by atoms with Crippen LogP contribution in [0.25, 0.3) is 0 Å². The molecule has 0 aliphatic rings. The minimum atomic E-state index is -1.12. The fraction of sp³-hybridized carbons (Fsp3) is 0.333. The van der Waals surface area contributed by atoms with Gasteiger partial charge in [0.2, 0.25) is 0 Å². The molecule has 0 unspecified atom stereocenters. The SMILES string of the molecule is COc1c(C)c(C(=O)O)c(C)c(C)c1C(=O)O. The Balaban J connectivity index is 3.81. The van der Waals surface area contributed by atoms with Crippen molar-refractivity contribution in [3.63, 3.8) is 0 Å². The van der Waals surface area contributed by atoms with Crippen molar-refractivity contribution in [2.45, 2.75) is 20.8 Å². The molecule has 0 saturated carbocycles. The molecule has 5 nitrogen and oxygen atoms in total. The van der Waals surface area contributed by atoms with E-state index in [0.717, 1.165) is 0 Å². The maximum absolute atomic E-state index is 11.2. The normalized spacial score (nSPS) is 10.1. The molecule has 0 bridgehead atoms. The van der Waals surface area contributed by atoms with Gasteiger partial charge in [-0.2, -0.15) is 0 Å². The number of carboxylic acids is 2. The standard InChI is InChI=1S/C12H14O5/c1-5-6(2)9(12(15)16)10(17-4)7(3)8(5)11(13)14/h1-4H3,(H,13,14)(H,15,16). The highest BCUT2D eigenvalue weighted by Crippen LogP contribution is 2.33. The predicted octanol–water partition coefficient (Wildman–Crippen LogP) is 2.02. The van der Waals surface area contributed by atoms with E-state index in [2.05, 4.69) is 0 Å². The van der Waals surface area contributed by atoms with Crippen molar-refractivity contribution in [1.29, 1.82) is 0 Å². The highest BCUT2D eigenvalue weighted by Gasteiger charge is 2.25. The van der Waals surface area contributed by atoms with Crippen LogP contribution in [-0.4, -0.2) is 29.3 Å². The molecule has 0 spiro atoms. The molecular formula is C12H14O5. The summed E-state index contributed by atoms with van der Waals surface area (Å²) >= 11 is 0. The zero-order valence-corrected chi connectivity index (χ0v) is 10.1. The first-order valence-electron chi connectivity index (χ1n) is 4.97. The van der Waals surface area contributed by atoms with Crippen molar-refractivity contribution in [3.8, 4) is 5.75 Å². The molecule has 0 aliphatic heterocycles. The molecule has 0 aromatic heterocycles. The van der Waals surface area contributed by atoms with Gasteiger partial charge in [-0.15, -0.1) is 0 Å². The van der Waals surface area contributed by atoms with Crippen LogP contribution in [0.4, 0.5) is 0 Å². The zero-order chi connectivity index (χ0) is 13.3. The molecule has 0 aliphatic carbocycles. The summed E-state index contributed by atoms with van der Waals surface area (Å²) in [6.07, 6.45) is 0. The molecule has 5 heteroatoms. The van der Waals surface area contributed by atoms with Crippen LogP contribution >= 0.6 is 0 Å². The molecule has 1 rings (SSSR count). The van der Waals surface area contributed by atoms with Crippen molar-refractivity contribution in [2.24, 2.45) is 0 Å². The number of aromatic carboxylic acids is 2. The van der Waals surface area contributed by atoms with Crippen molar-refractivity contribution >= 4 is 11.9 Å². The average molecular weight is 238 g/mol. The number of hydrogen-bond donors (Lipinski definition) is 2. The maximum Gasteiger partial charge on any atom is 0.339 e. The maximum atomic E-state index is 11.2. The van der Waals surface area contributed by atoms with Gasteiger partial charge in [-0.3, -0.25) is 0 Å². The molecule has 0 radical (unpaired) electrons. The average Bonchev–Trinajstić information content (AvgIpc) is 2.22. The number of carbonyl (C=O) groups is 2. The smallest absolute Gasteiger partial charge is 0.339 e. The summed E-state index contributed by atoms with van der Waals surface area (Å²) in [6.45, 7) is 4.71. The van der Waals surface area contributed by atoms with Crippen LogP contribution in [0.3, 0.4) is 0 Å². The van der Waals surface area contributed by atoms with Crippen LogP contribution < -0.4 is 4.74 Å². The molecule has 0 atom stereocenters.